The Balaban J connectivity index is 2.54. The van der Waals surface area contributed by atoms with Crippen LogP contribution < -0.4 is 0 Å². The predicted octanol–water partition coefficient (Wildman–Crippen LogP) is 2.14. The number of aliphatic hydroxyl groups excluding tert-OH is 1. The van der Waals surface area contributed by atoms with Crippen molar-refractivity contribution in [3.63, 3.8) is 0 Å². The zero-order valence-corrected chi connectivity index (χ0v) is 6.20. The van der Waals surface area contributed by atoms with Gasteiger partial charge in [0.25, 0.3) is 0 Å². The van der Waals surface area contributed by atoms with Gasteiger partial charge in [-0.3, -0.25) is 0 Å². The minimum Gasteiger partial charge on any atom is -0.388 e. The van der Waals surface area contributed by atoms with Crippen LogP contribution in [0.15, 0.2) is 30.3 Å². The molecule has 0 aliphatic heterocycles. The maximum Gasteiger partial charge on any atom is 0.0830 e. The van der Waals surface area contributed by atoms with Crippen molar-refractivity contribution in [1.82, 2.24) is 0 Å². The summed E-state index contributed by atoms with van der Waals surface area (Å²) >= 11 is 0. The third-order valence-corrected chi connectivity index (χ3v) is 2.01. The average Bonchev–Trinajstić information content (AvgIpc) is 2.06. The lowest BCUT2D eigenvalue weighted by atomic mass is 9.95. The van der Waals surface area contributed by atoms with Crippen molar-refractivity contribution in [2.45, 2.75) is 12.5 Å². The molecule has 0 bridgehead atoms. The van der Waals surface area contributed by atoms with Crippen LogP contribution in [-0.2, 0) is 0 Å². The average molecular weight is 146 g/mol. The molecular formula is C10H10O. The smallest absolute Gasteiger partial charge is 0.0830 e. The molecule has 0 unspecified atom stereocenters. The Bertz CT molecular complexity index is 289. The van der Waals surface area contributed by atoms with Crippen molar-refractivity contribution in [1.29, 1.82) is 0 Å². The first-order valence-corrected chi connectivity index (χ1v) is 3.81. The van der Waals surface area contributed by atoms with Crippen LogP contribution in [0.25, 0.3) is 6.08 Å². The molecule has 0 saturated carbocycles. The molecule has 11 heavy (non-hydrogen) atoms. The molecule has 0 fully saturated rings. The number of rotatable bonds is 0. The molecule has 1 N–H and O–H groups in total. The molecule has 2 rings (SSSR count). The fourth-order valence-corrected chi connectivity index (χ4v) is 1.42. The number of aliphatic hydroxyl groups is 1. The van der Waals surface area contributed by atoms with Gasteiger partial charge < -0.3 is 5.11 Å². The summed E-state index contributed by atoms with van der Waals surface area (Å²) in [5.74, 6) is 0. The molecule has 1 aliphatic rings. The lowest BCUT2D eigenvalue weighted by molar-refractivity contribution is 0.180. The maximum atomic E-state index is 9.51. The first-order valence-electron chi connectivity index (χ1n) is 3.81. The fraction of sp³-hybridized carbons (Fsp3) is 0.200. The summed E-state index contributed by atoms with van der Waals surface area (Å²) in [4.78, 5) is 0. The molecule has 1 aliphatic carbocycles. The highest BCUT2D eigenvalue weighted by Gasteiger charge is 2.11. The van der Waals surface area contributed by atoms with Crippen LogP contribution in [0.1, 0.15) is 23.7 Å². The summed E-state index contributed by atoms with van der Waals surface area (Å²) in [6.45, 7) is 0. The van der Waals surface area contributed by atoms with Crippen LogP contribution in [0.5, 0.6) is 0 Å². The topological polar surface area (TPSA) is 20.2 Å². The highest BCUT2D eigenvalue weighted by molar-refractivity contribution is 5.56. The molecule has 1 heteroatoms. The van der Waals surface area contributed by atoms with Gasteiger partial charge in [0.1, 0.15) is 0 Å². The fourth-order valence-electron chi connectivity index (χ4n) is 1.42. The predicted molar refractivity (Wildman–Crippen MR) is 45.1 cm³/mol. The quantitative estimate of drug-likeness (QED) is 0.594. The Morgan fingerprint density at radius 2 is 2.09 bits per heavy atom. The summed E-state index contributed by atoms with van der Waals surface area (Å²) in [5.41, 5.74) is 2.20. The van der Waals surface area contributed by atoms with E-state index in [0.717, 1.165) is 17.5 Å². The molecule has 0 aromatic heterocycles. The summed E-state index contributed by atoms with van der Waals surface area (Å²) in [5, 5.41) is 9.51. The number of hydrogen-bond donors (Lipinski definition) is 1. The van der Waals surface area contributed by atoms with Crippen molar-refractivity contribution in [2.75, 3.05) is 0 Å². The second kappa shape index (κ2) is 2.51. The van der Waals surface area contributed by atoms with E-state index in [2.05, 4.69) is 6.08 Å². The molecule has 0 saturated heterocycles. The molecule has 0 radical (unpaired) electrons. The Labute approximate surface area is 66.0 Å². The van der Waals surface area contributed by atoms with E-state index in [1.54, 1.807) is 0 Å². The van der Waals surface area contributed by atoms with Crippen LogP contribution in [0, 0.1) is 0 Å². The van der Waals surface area contributed by atoms with Crippen molar-refractivity contribution in [3.05, 3.63) is 41.5 Å². The van der Waals surface area contributed by atoms with Crippen LogP contribution >= 0.6 is 0 Å². The zero-order valence-electron chi connectivity index (χ0n) is 6.20. The van der Waals surface area contributed by atoms with E-state index < -0.39 is 0 Å². The summed E-state index contributed by atoms with van der Waals surface area (Å²) in [7, 11) is 0. The molecule has 1 aromatic rings. The minimum atomic E-state index is -0.295. The first kappa shape index (κ1) is 6.62. The van der Waals surface area contributed by atoms with Crippen molar-refractivity contribution < 1.29 is 5.11 Å². The Morgan fingerprint density at radius 3 is 2.91 bits per heavy atom. The minimum absolute atomic E-state index is 0.295. The summed E-state index contributed by atoms with van der Waals surface area (Å²) < 4.78 is 0. The molecule has 0 spiro atoms. The molecule has 56 valence electrons. The number of hydrogen-bond acceptors (Lipinski definition) is 1. The summed E-state index contributed by atoms with van der Waals surface area (Å²) in [6.07, 6.45) is 4.52. The van der Waals surface area contributed by atoms with E-state index >= 15 is 0 Å². The standard InChI is InChI=1S/C10H10O/c11-10-7-3-5-8-4-1-2-6-9(8)10/h1-6,10-11H,7H2/t10-/m1/s1. The number of benzene rings is 1. The molecule has 1 nitrogen and oxygen atoms in total. The van der Waals surface area contributed by atoms with Gasteiger partial charge in [-0.05, 0) is 17.5 Å². The van der Waals surface area contributed by atoms with E-state index in [4.69, 9.17) is 0 Å². The highest BCUT2D eigenvalue weighted by Crippen LogP contribution is 2.26. The van der Waals surface area contributed by atoms with Gasteiger partial charge in [0.15, 0.2) is 0 Å². The monoisotopic (exact) mass is 146 g/mol. The normalized spacial score (nSPS) is 21.4. The molecule has 0 amide bonds. The lowest BCUT2D eigenvalue weighted by Gasteiger charge is -2.15. The van der Waals surface area contributed by atoms with Gasteiger partial charge in [-0.2, -0.15) is 0 Å². The van der Waals surface area contributed by atoms with E-state index in [1.165, 1.54) is 0 Å². The zero-order chi connectivity index (χ0) is 7.68. The third kappa shape index (κ3) is 1.08. The largest absolute Gasteiger partial charge is 0.388 e. The van der Waals surface area contributed by atoms with Crippen molar-refractivity contribution >= 4 is 6.08 Å². The van der Waals surface area contributed by atoms with Gasteiger partial charge in [0, 0.05) is 0 Å². The van der Waals surface area contributed by atoms with E-state index in [1.807, 2.05) is 30.3 Å². The molecule has 1 aromatic carbocycles. The van der Waals surface area contributed by atoms with E-state index in [0.29, 0.717) is 0 Å². The first-order chi connectivity index (χ1) is 5.38. The Kier molecular flexibility index (Phi) is 1.51. The molecule has 1 atom stereocenters. The third-order valence-electron chi connectivity index (χ3n) is 2.01. The Hall–Kier alpha value is -1.08. The lowest BCUT2D eigenvalue weighted by Crippen LogP contribution is -2.01. The van der Waals surface area contributed by atoms with Crippen LogP contribution in [0.3, 0.4) is 0 Å². The SMILES string of the molecule is O[C@@H]1CC=Cc2ccccc21. The van der Waals surface area contributed by atoms with E-state index in [-0.39, 0.29) is 6.10 Å². The maximum absolute atomic E-state index is 9.51. The van der Waals surface area contributed by atoms with Gasteiger partial charge in [-0.1, -0.05) is 36.4 Å². The molecular weight excluding hydrogens is 136 g/mol. The van der Waals surface area contributed by atoms with Crippen molar-refractivity contribution in [3.8, 4) is 0 Å². The second-order valence-electron chi connectivity index (χ2n) is 2.78. The van der Waals surface area contributed by atoms with Crippen molar-refractivity contribution in [2.24, 2.45) is 0 Å². The van der Waals surface area contributed by atoms with E-state index in [9.17, 15) is 5.11 Å². The highest BCUT2D eigenvalue weighted by atomic mass is 16.3. The van der Waals surface area contributed by atoms with Gasteiger partial charge in [0.2, 0.25) is 0 Å². The summed E-state index contributed by atoms with van der Waals surface area (Å²) in [6, 6.07) is 7.94. The van der Waals surface area contributed by atoms with Gasteiger partial charge in [-0.15, -0.1) is 0 Å². The molecule has 0 heterocycles. The van der Waals surface area contributed by atoms with Crippen LogP contribution in [0.4, 0.5) is 0 Å². The van der Waals surface area contributed by atoms with Gasteiger partial charge in [0.05, 0.1) is 6.10 Å². The van der Waals surface area contributed by atoms with Gasteiger partial charge in [-0.25, -0.2) is 0 Å². The van der Waals surface area contributed by atoms with Crippen LogP contribution in [0.2, 0.25) is 0 Å². The number of fused-ring (bicyclic) bond motifs is 1. The Morgan fingerprint density at radius 1 is 1.27 bits per heavy atom. The van der Waals surface area contributed by atoms with Crippen LogP contribution in [-0.4, -0.2) is 5.11 Å². The van der Waals surface area contributed by atoms with Gasteiger partial charge >= 0.3 is 0 Å². The second-order valence-corrected chi connectivity index (χ2v) is 2.78.